The number of primary amides is 1. The Morgan fingerprint density at radius 3 is 2.75 bits per heavy atom. The molecule has 2 rings (SSSR count). The summed E-state index contributed by atoms with van der Waals surface area (Å²) in [6.07, 6.45) is 2.49. The fourth-order valence-electron chi connectivity index (χ4n) is 2.31. The third-order valence-corrected chi connectivity index (χ3v) is 3.59. The smallest absolute Gasteiger partial charge is 0.250 e. The summed E-state index contributed by atoms with van der Waals surface area (Å²) in [5.41, 5.74) is 11.2. The molecule has 0 atom stereocenters. The Hall–Kier alpha value is -1.82. The molecular formula is C14H21FN4O. The highest BCUT2D eigenvalue weighted by molar-refractivity contribution is 5.99. The van der Waals surface area contributed by atoms with Crippen molar-refractivity contribution < 1.29 is 9.18 Å². The van der Waals surface area contributed by atoms with E-state index in [2.05, 4.69) is 17.1 Å². The predicted octanol–water partition coefficient (Wildman–Crippen LogP) is 1.40. The summed E-state index contributed by atoms with van der Waals surface area (Å²) >= 11 is 0. The standard InChI is InChI=1S/C14H21FN4O/c1-2-19(9-3-4-9)6-5-18-13-7-10(14(17)20)12(16)8-11(13)15/h7-9,18H,2-6,16H2,1H3,(H2,17,20). The van der Waals surface area contributed by atoms with Gasteiger partial charge in [-0.05, 0) is 31.5 Å². The van der Waals surface area contributed by atoms with Crippen molar-refractivity contribution in [1.82, 2.24) is 4.90 Å². The van der Waals surface area contributed by atoms with E-state index in [-0.39, 0.29) is 16.9 Å². The lowest BCUT2D eigenvalue weighted by atomic mass is 10.1. The van der Waals surface area contributed by atoms with E-state index in [0.717, 1.165) is 19.2 Å². The van der Waals surface area contributed by atoms with Gasteiger partial charge in [-0.2, -0.15) is 0 Å². The summed E-state index contributed by atoms with van der Waals surface area (Å²) < 4.78 is 13.8. The molecule has 1 fully saturated rings. The molecule has 0 saturated heterocycles. The van der Waals surface area contributed by atoms with Crippen LogP contribution in [0.2, 0.25) is 0 Å². The van der Waals surface area contributed by atoms with Gasteiger partial charge in [0, 0.05) is 24.8 Å². The molecule has 1 aliphatic rings. The summed E-state index contributed by atoms with van der Waals surface area (Å²) in [6.45, 7) is 4.57. The van der Waals surface area contributed by atoms with Gasteiger partial charge in [-0.15, -0.1) is 0 Å². The van der Waals surface area contributed by atoms with Gasteiger partial charge in [0.15, 0.2) is 0 Å². The van der Waals surface area contributed by atoms with Gasteiger partial charge < -0.3 is 16.8 Å². The maximum absolute atomic E-state index is 13.8. The molecule has 1 amide bonds. The lowest BCUT2D eigenvalue weighted by Gasteiger charge is -2.20. The van der Waals surface area contributed by atoms with Crippen LogP contribution in [-0.2, 0) is 0 Å². The number of nitrogen functional groups attached to an aromatic ring is 1. The first-order chi connectivity index (χ1) is 9.52. The zero-order valence-electron chi connectivity index (χ0n) is 11.7. The maximum Gasteiger partial charge on any atom is 0.250 e. The van der Waals surface area contributed by atoms with E-state index in [4.69, 9.17) is 11.5 Å². The molecule has 0 heterocycles. The van der Waals surface area contributed by atoms with Crippen LogP contribution in [0.3, 0.4) is 0 Å². The molecule has 110 valence electrons. The van der Waals surface area contributed by atoms with Crippen molar-refractivity contribution in [3.8, 4) is 0 Å². The van der Waals surface area contributed by atoms with Crippen LogP contribution in [0.4, 0.5) is 15.8 Å². The Morgan fingerprint density at radius 2 is 2.20 bits per heavy atom. The minimum absolute atomic E-state index is 0.0636. The minimum atomic E-state index is -0.654. The fourth-order valence-corrected chi connectivity index (χ4v) is 2.31. The number of carbonyl (C=O) groups is 1. The monoisotopic (exact) mass is 280 g/mol. The summed E-state index contributed by atoms with van der Waals surface area (Å²) in [5.74, 6) is -1.12. The summed E-state index contributed by atoms with van der Waals surface area (Å²) in [5, 5.41) is 3.00. The van der Waals surface area contributed by atoms with Gasteiger partial charge in [0.1, 0.15) is 5.82 Å². The number of likely N-dealkylation sites (N-methyl/N-ethyl adjacent to an activating group) is 1. The lowest BCUT2D eigenvalue weighted by Crippen LogP contribution is -2.31. The molecule has 0 radical (unpaired) electrons. The molecule has 5 N–H and O–H groups in total. The number of nitrogens with one attached hydrogen (secondary N) is 1. The van der Waals surface area contributed by atoms with E-state index in [1.54, 1.807) is 0 Å². The van der Waals surface area contributed by atoms with Crippen LogP contribution in [-0.4, -0.2) is 36.5 Å². The first-order valence-electron chi connectivity index (χ1n) is 6.89. The van der Waals surface area contributed by atoms with E-state index in [9.17, 15) is 9.18 Å². The number of halogens is 1. The Kier molecular flexibility index (Phi) is 4.44. The van der Waals surface area contributed by atoms with Crippen molar-refractivity contribution in [1.29, 1.82) is 0 Å². The van der Waals surface area contributed by atoms with Crippen molar-refractivity contribution in [2.24, 2.45) is 5.73 Å². The van der Waals surface area contributed by atoms with Crippen molar-refractivity contribution >= 4 is 17.3 Å². The first kappa shape index (κ1) is 14.6. The second-order valence-electron chi connectivity index (χ2n) is 5.07. The topological polar surface area (TPSA) is 84.4 Å². The van der Waals surface area contributed by atoms with Crippen LogP contribution in [0.1, 0.15) is 30.1 Å². The van der Waals surface area contributed by atoms with E-state index in [1.807, 2.05) is 0 Å². The molecule has 0 bridgehead atoms. The number of nitrogens with zero attached hydrogens (tertiary/aromatic N) is 1. The predicted molar refractivity (Wildman–Crippen MR) is 78.1 cm³/mol. The van der Waals surface area contributed by atoms with Crippen LogP contribution >= 0.6 is 0 Å². The van der Waals surface area contributed by atoms with E-state index >= 15 is 0 Å². The Labute approximate surface area is 118 Å². The van der Waals surface area contributed by atoms with Gasteiger partial charge in [-0.1, -0.05) is 6.92 Å². The molecule has 1 aromatic carbocycles. The van der Waals surface area contributed by atoms with Crippen molar-refractivity contribution in [2.75, 3.05) is 30.7 Å². The average Bonchev–Trinajstić information content (AvgIpc) is 3.20. The second-order valence-corrected chi connectivity index (χ2v) is 5.07. The molecule has 1 aliphatic carbocycles. The minimum Gasteiger partial charge on any atom is -0.398 e. The van der Waals surface area contributed by atoms with Crippen molar-refractivity contribution in [3.05, 3.63) is 23.5 Å². The molecular weight excluding hydrogens is 259 g/mol. The van der Waals surface area contributed by atoms with Crippen molar-refractivity contribution in [3.63, 3.8) is 0 Å². The molecule has 1 aromatic rings. The number of carbonyl (C=O) groups excluding carboxylic acids is 1. The van der Waals surface area contributed by atoms with E-state index in [1.165, 1.54) is 18.9 Å². The molecule has 6 heteroatoms. The normalized spacial score (nSPS) is 14.6. The number of nitrogens with two attached hydrogens (primary N) is 2. The first-order valence-corrected chi connectivity index (χ1v) is 6.89. The second kappa shape index (κ2) is 6.09. The van der Waals surface area contributed by atoms with E-state index < -0.39 is 11.7 Å². The molecule has 1 saturated carbocycles. The Balaban J connectivity index is 1.98. The highest BCUT2D eigenvalue weighted by atomic mass is 19.1. The summed E-state index contributed by atoms with van der Waals surface area (Å²) in [6, 6.07) is 3.18. The number of hydrogen-bond donors (Lipinski definition) is 3. The largest absolute Gasteiger partial charge is 0.398 e. The van der Waals surface area contributed by atoms with Crippen LogP contribution in [0, 0.1) is 5.82 Å². The van der Waals surface area contributed by atoms with Gasteiger partial charge in [0.2, 0.25) is 0 Å². The van der Waals surface area contributed by atoms with Gasteiger partial charge in [0.25, 0.3) is 5.91 Å². The van der Waals surface area contributed by atoms with Crippen LogP contribution < -0.4 is 16.8 Å². The molecule has 0 aliphatic heterocycles. The van der Waals surface area contributed by atoms with Gasteiger partial charge in [-0.25, -0.2) is 4.39 Å². The lowest BCUT2D eigenvalue weighted by molar-refractivity contribution is 0.100. The molecule has 20 heavy (non-hydrogen) atoms. The number of anilines is 2. The summed E-state index contributed by atoms with van der Waals surface area (Å²) in [7, 11) is 0. The molecule has 0 aromatic heterocycles. The van der Waals surface area contributed by atoms with Gasteiger partial charge in [-0.3, -0.25) is 9.69 Å². The zero-order chi connectivity index (χ0) is 14.7. The number of hydrogen-bond acceptors (Lipinski definition) is 4. The van der Waals surface area contributed by atoms with Gasteiger partial charge >= 0.3 is 0 Å². The van der Waals surface area contributed by atoms with Crippen LogP contribution in [0.5, 0.6) is 0 Å². The van der Waals surface area contributed by atoms with Crippen LogP contribution in [0.15, 0.2) is 12.1 Å². The van der Waals surface area contributed by atoms with Crippen molar-refractivity contribution in [2.45, 2.75) is 25.8 Å². The fraction of sp³-hybridized carbons (Fsp3) is 0.500. The van der Waals surface area contributed by atoms with Gasteiger partial charge in [0.05, 0.1) is 11.3 Å². The average molecular weight is 280 g/mol. The molecule has 0 unspecified atom stereocenters. The Bertz CT molecular complexity index is 502. The van der Waals surface area contributed by atoms with E-state index in [0.29, 0.717) is 12.6 Å². The SMILES string of the molecule is CCN(CCNc1cc(C(N)=O)c(N)cc1F)C1CC1. The molecule has 0 spiro atoms. The third-order valence-electron chi connectivity index (χ3n) is 3.59. The quantitative estimate of drug-likeness (QED) is 0.659. The highest BCUT2D eigenvalue weighted by Gasteiger charge is 2.27. The number of amides is 1. The Morgan fingerprint density at radius 1 is 1.50 bits per heavy atom. The molecule has 5 nitrogen and oxygen atoms in total. The number of benzene rings is 1. The number of rotatable bonds is 7. The van der Waals surface area contributed by atoms with Crippen LogP contribution in [0.25, 0.3) is 0 Å². The maximum atomic E-state index is 13.8. The third kappa shape index (κ3) is 3.39. The summed E-state index contributed by atoms with van der Waals surface area (Å²) in [4.78, 5) is 13.6. The highest BCUT2D eigenvalue weighted by Crippen LogP contribution is 2.26. The zero-order valence-corrected chi connectivity index (χ0v) is 11.7.